The normalized spacial score (nSPS) is 9.00. The molecule has 38 valence electrons. The fourth-order valence-electron chi connectivity index (χ4n) is 0.463. The Hall–Kier alpha value is 0.0721. The molecule has 8 heavy (non-hydrogen) atoms. The van der Waals surface area contributed by atoms with Crippen molar-refractivity contribution in [1.82, 2.24) is 0 Å². The SMILES string of the molecule is Fc1cc[c]([Tl])cc1. The van der Waals surface area contributed by atoms with E-state index in [9.17, 15) is 4.39 Å². The molecule has 0 radical (unpaired) electrons. The van der Waals surface area contributed by atoms with Crippen LogP contribution in [0.15, 0.2) is 24.3 Å². The third kappa shape index (κ3) is 1.54. The number of hydrogen-bond acceptors (Lipinski definition) is 0. The summed E-state index contributed by atoms with van der Waals surface area (Å²) in [5.41, 5.74) is 0. The van der Waals surface area contributed by atoms with Crippen molar-refractivity contribution in [2.45, 2.75) is 0 Å². The number of hydrogen-bond donors (Lipinski definition) is 0. The maximum atomic E-state index is 12.1. The molecule has 1 aromatic carbocycles. The Morgan fingerprint density at radius 1 is 1.12 bits per heavy atom. The molecular weight excluding hydrogens is 295 g/mol. The molecule has 2 heteroatoms. The molecule has 1 aromatic rings. The molecule has 0 aliphatic rings. The minimum absolute atomic E-state index is 0.144. The van der Waals surface area contributed by atoms with Crippen LogP contribution in [-0.2, 0) is 0 Å². The summed E-state index contributed by atoms with van der Waals surface area (Å²) < 4.78 is 13.4. The molecule has 0 N–H and O–H groups in total. The van der Waals surface area contributed by atoms with Gasteiger partial charge in [0.15, 0.2) is 0 Å². The van der Waals surface area contributed by atoms with E-state index >= 15 is 0 Å². The van der Waals surface area contributed by atoms with Crippen LogP contribution < -0.4 is 3.12 Å². The van der Waals surface area contributed by atoms with Crippen LogP contribution in [-0.4, -0.2) is 25.8 Å². The molecule has 0 heterocycles. The van der Waals surface area contributed by atoms with E-state index in [1.54, 1.807) is 0 Å². The van der Waals surface area contributed by atoms with Gasteiger partial charge in [-0.3, -0.25) is 0 Å². The van der Waals surface area contributed by atoms with Gasteiger partial charge in [-0.1, -0.05) is 0 Å². The third-order valence-corrected chi connectivity index (χ3v) is 2.37. The van der Waals surface area contributed by atoms with E-state index in [1.165, 1.54) is 15.3 Å². The molecule has 1 rings (SSSR count). The van der Waals surface area contributed by atoms with Crippen LogP contribution in [0.1, 0.15) is 0 Å². The minimum atomic E-state index is -0.144. The van der Waals surface area contributed by atoms with Crippen molar-refractivity contribution in [2.75, 3.05) is 0 Å². The van der Waals surface area contributed by atoms with Gasteiger partial charge >= 0.3 is 63.4 Å². The second kappa shape index (κ2) is 2.57. The Balaban J connectivity index is 3.03. The quantitative estimate of drug-likeness (QED) is 0.616. The molecule has 0 amide bonds. The summed E-state index contributed by atoms with van der Waals surface area (Å²) in [7, 11) is 0. The second-order valence-corrected chi connectivity index (χ2v) is 4.14. The van der Waals surface area contributed by atoms with Gasteiger partial charge in [-0.25, -0.2) is 0 Å². The molecule has 0 aliphatic carbocycles. The van der Waals surface area contributed by atoms with Crippen molar-refractivity contribution in [3.05, 3.63) is 30.1 Å². The number of benzene rings is 1. The molecule has 0 bridgehead atoms. The zero-order valence-electron chi connectivity index (χ0n) is 4.26. The molecule has 0 nitrogen and oxygen atoms in total. The average Bonchev–Trinajstić information content (AvgIpc) is 1.77. The first-order valence-corrected chi connectivity index (χ1v) is 4.54. The first kappa shape index (κ1) is 6.20. The summed E-state index contributed by atoms with van der Waals surface area (Å²) in [5, 5.41) is 0. The molecule has 0 fully saturated rings. The van der Waals surface area contributed by atoms with Gasteiger partial charge < -0.3 is 0 Å². The van der Waals surface area contributed by atoms with Crippen LogP contribution in [0.25, 0.3) is 0 Å². The monoisotopic (exact) mass is 300 g/mol. The fourth-order valence-corrected chi connectivity index (χ4v) is 1.21. The zero-order valence-corrected chi connectivity index (χ0v) is 8.75. The standard InChI is InChI=1S/C6H4F.Tl/c7-6-4-2-1-3-5-6;/h2-5H;. The summed E-state index contributed by atoms with van der Waals surface area (Å²) in [6.45, 7) is 0. The summed E-state index contributed by atoms with van der Waals surface area (Å²) in [6, 6.07) is 6.63. The van der Waals surface area contributed by atoms with Gasteiger partial charge in [0.2, 0.25) is 0 Å². The van der Waals surface area contributed by atoms with Crippen LogP contribution >= 0.6 is 0 Å². The number of rotatable bonds is 0. The molecule has 0 aliphatic heterocycles. The summed E-state index contributed by atoms with van der Waals surface area (Å²) in [6.07, 6.45) is 0. The van der Waals surface area contributed by atoms with Gasteiger partial charge in [0.1, 0.15) is 0 Å². The first-order valence-electron chi connectivity index (χ1n) is 2.30. The van der Waals surface area contributed by atoms with Gasteiger partial charge in [0.05, 0.1) is 0 Å². The van der Waals surface area contributed by atoms with Crippen molar-refractivity contribution in [3.63, 3.8) is 0 Å². The van der Waals surface area contributed by atoms with Crippen LogP contribution in [0.4, 0.5) is 4.39 Å². The predicted octanol–water partition coefficient (Wildman–Crippen LogP) is 0.619. The molecule has 0 atom stereocenters. The molecule has 0 saturated carbocycles. The zero-order chi connectivity index (χ0) is 5.98. The van der Waals surface area contributed by atoms with Crippen molar-refractivity contribution in [2.24, 2.45) is 0 Å². The average molecular weight is 299 g/mol. The van der Waals surface area contributed by atoms with Gasteiger partial charge in [-0.05, 0) is 0 Å². The van der Waals surface area contributed by atoms with Crippen molar-refractivity contribution in [3.8, 4) is 0 Å². The molecular formula is C6H4FTl. The van der Waals surface area contributed by atoms with E-state index in [0.29, 0.717) is 0 Å². The Labute approximate surface area is 63.4 Å². The summed E-state index contributed by atoms with van der Waals surface area (Å²) in [4.78, 5) is 0. The van der Waals surface area contributed by atoms with E-state index in [4.69, 9.17) is 0 Å². The molecule has 0 unspecified atom stereocenters. The van der Waals surface area contributed by atoms with Crippen LogP contribution in [0.5, 0.6) is 0 Å². The molecule has 0 spiro atoms. The predicted molar refractivity (Wildman–Crippen MR) is 31.8 cm³/mol. The van der Waals surface area contributed by atoms with E-state index in [0.717, 1.165) is 25.8 Å². The van der Waals surface area contributed by atoms with E-state index in [-0.39, 0.29) is 5.82 Å². The van der Waals surface area contributed by atoms with Crippen LogP contribution in [0.3, 0.4) is 0 Å². The number of halogens is 1. The van der Waals surface area contributed by atoms with Gasteiger partial charge in [0, 0.05) is 0 Å². The topological polar surface area (TPSA) is 0 Å². The second-order valence-electron chi connectivity index (χ2n) is 1.55. The van der Waals surface area contributed by atoms with E-state index < -0.39 is 0 Å². The Morgan fingerprint density at radius 3 is 2.00 bits per heavy atom. The maximum absolute atomic E-state index is 12.1. The van der Waals surface area contributed by atoms with E-state index in [1.807, 2.05) is 12.1 Å². The van der Waals surface area contributed by atoms with Crippen LogP contribution in [0.2, 0.25) is 0 Å². The van der Waals surface area contributed by atoms with E-state index in [2.05, 4.69) is 0 Å². The van der Waals surface area contributed by atoms with Gasteiger partial charge in [-0.2, -0.15) is 0 Å². The van der Waals surface area contributed by atoms with Crippen molar-refractivity contribution >= 4 is 28.9 Å². The Kier molecular flexibility index (Phi) is 1.99. The van der Waals surface area contributed by atoms with Crippen LogP contribution in [0, 0.1) is 5.82 Å². The van der Waals surface area contributed by atoms with Gasteiger partial charge in [-0.15, -0.1) is 0 Å². The first-order chi connectivity index (χ1) is 3.79. The van der Waals surface area contributed by atoms with Crippen molar-refractivity contribution in [1.29, 1.82) is 0 Å². The fraction of sp³-hybridized carbons (Fsp3) is 0. The molecule has 0 saturated heterocycles. The molecule has 0 aromatic heterocycles. The van der Waals surface area contributed by atoms with Gasteiger partial charge in [0.25, 0.3) is 0 Å². The summed E-state index contributed by atoms with van der Waals surface area (Å²) in [5.74, 6) is -0.144. The Morgan fingerprint density at radius 2 is 1.62 bits per heavy atom. The van der Waals surface area contributed by atoms with Crippen molar-refractivity contribution < 1.29 is 4.39 Å². The Bertz CT molecular complexity index is 147. The third-order valence-electron chi connectivity index (χ3n) is 0.870. The summed E-state index contributed by atoms with van der Waals surface area (Å²) >= 11 is 0.820.